The average molecular weight is 257 g/mol. The Kier molecular flexibility index (Phi) is 14.0. The topological polar surface area (TPSA) is 63.3 Å². The second kappa shape index (κ2) is 14.5. The van der Waals surface area contributed by atoms with E-state index in [1.165, 1.54) is 64.2 Å². The lowest BCUT2D eigenvalue weighted by Gasteiger charge is -2.02. The van der Waals surface area contributed by atoms with Gasteiger partial charge in [0.15, 0.2) is 0 Å². The number of aliphatic carboxylic acids is 1. The van der Waals surface area contributed by atoms with Crippen LogP contribution >= 0.6 is 0 Å². The zero-order chi connectivity index (χ0) is 13.5. The molecule has 18 heavy (non-hydrogen) atoms. The van der Waals surface area contributed by atoms with Gasteiger partial charge in [0.25, 0.3) is 0 Å². The largest absolute Gasteiger partial charge is 0.481 e. The molecule has 0 rings (SSSR count). The van der Waals surface area contributed by atoms with Crippen LogP contribution in [0, 0.1) is 0 Å². The Bertz CT molecular complexity index is 183. The van der Waals surface area contributed by atoms with Gasteiger partial charge in [-0.15, -0.1) is 0 Å². The van der Waals surface area contributed by atoms with Crippen molar-refractivity contribution >= 4 is 5.97 Å². The number of nitrogens with two attached hydrogens (primary N) is 1. The van der Waals surface area contributed by atoms with Crippen molar-refractivity contribution < 1.29 is 9.90 Å². The minimum atomic E-state index is -0.662. The van der Waals surface area contributed by atoms with Crippen LogP contribution < -0.4 is 5.73 Å². The van der Waals surface area contributed by atoms with Gasteiger partial charge in [0.1, 0.15) is 0 Å². The maximum absolute atomic E-state index is 10.3. The third-order valence-electron chi connectivity index (χ3n) is 3.34. The third kappa shape index (κ3) is 15.4. The van der Waals surface area contributed by atoms with E-state index in [4.69, 9.17) is 10.8 Å². The molecule has 0 saturated heterocycles. The molecule has 108 valence electrons. The molecule has 0 aliphatic rings. The highest BCUT2D eigenvalue weighted by atomic mass is 16.4. The van der Waals surface area contributed by atoms with E-state index < -0.39 is 5.97 Å². The van der Waals surface area contributed by atoms with Crippen LogP contribution in [0.5, 0.6) is 0 Å². The van der Waals surface area contributed by atoms with Crippen LogP contribution in [0.25, 0.3) is 0 Å². The molecule has 3 N–H and O–H groups in total. The third-order valence-corrected chi connectivity index (χ3v) is 3.34. The standard InChI is InChI=1S/C15H31NO2/c16-14-12-10-8-6-4-2-1-3-5-7-9-11-13-15(17)18/h1-14,16H2,(H,17,18). The monoisotopic (exact) mass is 257 g/mol. The van der Waals surface area contributed by atoms with Gasteiger partial charge in [0.05, 0.1) is 0 Å². The molecule has 0 spiro atoms. The van der Waals surface area contributed by atoms with Crippen LogP contribution in [0.2, 0.25) is 0 Å². The summed E-state index contributed by atoms with van der Waals surface area (Å²) in [5.74, 6) is -0.662. The highest BCUT2D eigenvalue weighted by Gasteiger charge is 1.96. The first kappa shape index (κ1) is 17.4. The second-order valence-electron chi connectivity index (χ2n) is 5.18. The SMILES string of the molecule is NCCCCCCCCCCCCCCC(=O)O. The van der Waals surface area contributed by atoms with E-state index in [1.807, 2.05) is 0 Å². The van der Waals surface area contributed by atoms with Crippen molar-refractivity contribution in [2.24, 2.45) is 5.73 Å². The van der Waals surface area contributed by atoms with E-state index in [9.17, 15) is 4.79 Å². The number of hydrogen-bond acceptors (Lipinski definition) is 2. The average Bonchev–Trinajstić information content (AvgIpc) is 2.34. The minimum Gasteiger partial charge on any atom is -0.481 e. The Labute approximate surface area is 112 Å². The summed E-state index contributed by atoms with van der Waals surface area (Å²) in [6.07, 6.45) is 15.3. The molecule has 0 aromatic carbocycles. The lowest BCUT2D eigenvalue weighted by atomic mass is 10.0. The Morgan fingerprint density at radius 1 is 0.667 bits per heavy atom. The molecule has 0 aromatic heterocycles. The summed E-state index contributed by atoms with van der Waals surface area (Å²) in [5, 5.41) is 8.48. The predicted molar refractivity (Wildman–Crippen MR) is 76.7 cm³/mol. The number of carbonyl (C=O) groups is 1. The smallest absolute Gasteiger partial charge is 0.303 e. The maximum atomic E-state index is 10.3. The highest BCUT2D eigenvalue weighted by molar-refractivity contribution is 5.66. The van der Waals surface area contributed by atoms with Crippen molar-refractivity contribution in [3.05, 3.63) is 0 Å². The van der Waals surface area contributed by atoms with Gasteiger partial charge in [0.2, 0.25) is 0 Å². The van der Waals surface area contributed by atoms with E-state index in [2.05, 4.69) is 0 Å². The molecule has 0 amide bonds. The normalized spacial score (nSPS) is 10.7. The minimum absolute atomic E-state index is 0.336. The van der Waals surface area contributed by atoms with Crippen LogP contribution in [0.15, 0.2) is 0 Å². The Hall–Kier alpha value is -0.570. The van der Waals surface area contributed by atoms with Crippen molar-refractivity contribution in [3.8, 4) is 0 Å². The van der Waals surface area contributed by atoms with Gasteiger partial charge in [-0.25, -0.2) is 0 Å². The molecule has 0 aliphatic heterocycles. The Balaban J connectivity index is 2.92. The van der Waals surface area contributed by atoms with Crippen molar-refractivity contribution in [2.75, 3.05) is 6.54 Å². The van der Waals surface area contributed by atoms with Crippen LogP contribution in [0.1, 0.15) is 83.5 Å². The van der Waals surface area contributed by atoms with Crippen LogP contribution in [0.3, 0.4) is 0 Å². The van der Waals surface area contributed by atoms with Gasteiger partial charge in [-0.05, 0) is 19.4 Å². The lowest BCUT2D eigenvalue weighted by Crippen LogP contribution is -1.97. The molecule has 0 aliphatic carbocycles. The van der Waals surface area contributed by atoms with E-state index in [-0.39, 0.29) is 0 Å². The van der Waals surface area contributed by atoms with Crippen molar-refractivity contribution in [1.82, 2.24) is 0 Å². The number of carboxylic acid groups (broad SMARTS) is 1. The molecular weight excluding hydrogens is 226 g/mol. The first-order chi connectivity index (χ1) is 8.77. The first-order valence-corrected chi connectivity index (χ1v) is 7.69. The fraction of sp³-hybridized carbons (Fsp3) is 0.933. The molecule has 0 bridgehead atoms. The summed E-state index contributed by atoms with van der Waals surface area (Å²) >= 11 is 0. The van der Waals surface area contributed by atoms with E-state index >= 15 is 0 Å². The van der Waals surface area contributed by atoms with Gasteiger partial charge < -0.3 is 10.8 Å². The fourth-order valence-corrected chi connectivity index (χ4v) is 2.19. The summed E-state index contributed by atoms with van der Waals surface area (Å²) < 4.78 is 0. The second-order valence-corrected chi connectivity index (χ2v) is 5.18. The van der Waals surface area contributed by atoms with Gasteiger partial charge >= 0.3 is 5.97 Å². The molecule has 3 nitrogen and oxygen atoms in total. The fourth-order valence-electron chi connectivity index (χ4n) is 2.19. The zero-order valence-corrected chi connectivity index (χ0v) is 11.8. The quantitative estimate of drug-likeness (QED) is 0.460. The van der Waals surface area contributed by atoms with E-state index in [1.54, 1.807) is 0 Å². The number of rotatable bonds is 14. The Morgan fingerprint density at radius 2 is 1.00 bits per heavy atom. The summed E-state index contributed by atoms with van der Waals surface area (Å²) in [6.45, 7) is 0.835. The van der Waals surface area contributed by atoms with Crippen molar-refractivity contribution in [3.63, 3.8) is 0 Å². The molecule has 0 unspecified atom stereocenters. The van der Waals surface area contributed by atoms with Gasteiger partial charge in [-0.3, -0.25) is 4.79 Å². The molecule has 0 radical (unpaired) electrons. The van der Waals surface area contributed by atoms with Crippen LogP contribution in [-0.4, -0.2) is 17.6 Å². The number of hydrogen-bond donors (Lipinski definition) is 2. The predicted octanol–water partition coefficient (Wildman–Crippen LogP) is 4.10. The van der Waals surface area contributed by atoms with Crippen molar-refractivity contribution in [1.29, 1.82) is 0 Å². The first-order valence-electron chi connectivity index (χ1n) is 7.69. The number of carboxylic acids is 1. The summed E-state index contributed by atoms with van der Waals surface area (Å²) in [5.41, 5.74) is 5.44. The van der Waals surface area contributed by atoms with E-state index in [0.717, 1.165) is 19.4 Å². The van der Waals surface area contributed by atoms with Crippen LogP contribution in [-0.2, 0) is 4.79 Å². The van der Waals surface area contributed by atoms with E-state index in [0.29, 0.717) is 6.42 Å². The highest BCUT2D eigenvalue weighted by Crippen LogP contribution is 2.12. The molecule has 0 heterocycles. The number of unbranched alkanes of at least 4 members (excludes halogenated alkanes) is 11. The molecule has 0 saturated carbocycles. The summed E-state index contributed by atoms with van der Waals surface area (Å²) in [7, 11) is 0. The zero-order valence-electron chi connectivity index (χ0n) is 11.8. The van der Waals surface area contributed by atoms with Gasteiger partial charge in [-0.1, -0.05) is 64.2 Å². The van der Waals surface area contributed by atoms with Gasteiger partial charge in [0, 0.05) is 6.42 Å². The maximum Gasteiger partial charge on any atom is 0.303 e. The van der Waals surface area contributed by atoms with Gasteiger partial charge in [-0.2, -0.15) is 0 Å². The molecular formula is C15H31NO2. The van der Waals surface area contributed by atoms with Crippen molar-refractivity contribution in [2.45, 2.75) is 83.5 Å². The summed E-state index contributed by atoms with van der Waals surface area (Å²) in [6, 6.07) is 0. The Morgan fingerprint density at radius 3 is 1.33 bits per heavy atom. The molecule has 3 heteroatoms. The molecule has 0 atom stereocenters. The summed E-state index contributed by atoms with van der Waals surface area (Å²) in [4.78, 5) is 10.3. The van der Waals surface area contributed by atoms with Crippen LogP contribution in [0.4, 0.5) is 0 Å². The molecule has 0 fully saturated rings. The lowest BCUT2D eigenvalue weighted by molar-refractivity contribution is -0.137. The molecule has 0 aromatic rings.